The van der Waals surface area contributed by atoms with Crippen molar-refractivity contribution in [2.24, 2.45) is 5.73 Å². The van der Waals surface area contributed by atoms with E-state index < -0.39 is 0 Å². The van der Waals surface area contributed by atoms with E-state index in [0.717, 1.165) is 43.1 Å². The Hall–Kier alpha value is -1.90. The first kappa shape index (κ1) is 16.9. The average molecular weight is 350 g/mol. The number of primary amides is 1. The highest BCUT2D eigenvalue weighted by molar-refractivity contribution is 7.98. The van der Waals surface area contributed by atoms with Gasteiger partial charge in [-0.3, -0.25) is 4.79 Å². The van der Waals surface area contributed by atoms with Crippen molar-refractivity contribution in [2.45, 2.75) is 68.8 Å². The Morgan fingerprint density at radius 3 is 2.96 bits per heavy atom. The number of hydrogen-bond donors (Lipinski definition) is 1. The lowest BCUT2D eigenvalue weighted by Crippen LogP contribution is -2.15. The molecule has 1 amide bonds. The highest BCUT2D eigenvalue weighted by Crippen LogP contribution is 2.40. The number of carbonyl (C=O) groups excluding carboxylic acids is 1. The van der Waals surface area contributed by atoms with E-state index in [1.807, 2.05) is 4.57 Å². The van der Waals surface area contributed by atoms with Crippen LogP contribution < -0.4 is 5.73 Å². The van der Waals surface area contributed by atoms with Crippen LogP contribution in [0.15, 0.2) is 9.68 Å². The zero-order valence-electron chi connectivity index (χ0n) is 13.8. The van der Waals surface area contributed by atoms with E-state index in [1.54, 1.807) is 0 Å². The monoisotopic (exact) mass is 350 g/mol. The number of carbonyl (C=O) groups is 1. The molecule has 2 aromatic rings. The molecule has 0 atom stereocenters. The predicted octanol–water partition coefficient (Wildman–Crippen LogP) is 2.05. The van der Waals surface area contributed by atoms with Crippen LogP contribution in [0.1, 0.15) is 62.5 Å². The van der Waals surface area contributed by atoms with Gasteiger partial charge in [-0.1, -0.05) is 30.3 Å². The van der Waals surface area contributed by atoms with Gasteiger partial charge in [0.15, 0.2) is 11.0 Å². The normalized spacial score (nSPS) is 14.2. The maximum atomic E-state index is 11.1. The van der Waals surface area contributed by atoms with E-state index in [-0.39, 0.29) is 12.3 Å². The molecule has 0 saturated heterocycles. The summed E-state index contributed by atoms with van der Waals surface area (Å²) in [7, 11) is 0. The second-order valence-corrected chi connectivity index (χ2v) is 6.92. The first-order chi connectivity index (χ1) is 11.7. The number of aryl methyl sites for hydroxylation is 1. The van der Waals surface area contributed by atoms with Crippen LogP contribution >= 0.6 is 11.8 Å². The first-order valence-electron chi connectivity index (χ1n) is 8.33. The van der Waals surface area contributed by atoms with Crippen LogP contribution in [0.2, 0.25) is 0 Å². The third-order valence-electron chi connectivity index (χ3n) is 3.85. The number of nitrogens with two attached hydrogens (primary N) is 1. The SMILES string of the molecule is CCCCc1nc(CSc2nnc(C3CC3)n2CCC(N)=O)no1. The van der Waals surface area contributed by atoms with Gasteiger partial charge in [0, 0.05) is 25.3 Å². The summed E-state index contributed by atoms with van der Waals surface area (Å²) in [4.78, 5) is 15.5. The van der Waals surface area contributed by atoms with Gasteiger partial charge in [0.2, 0.25) is 11.8 Å². The number of amides is 1. The molecule has 2 heterocycles. The third kappa shape index (κ3) is 4.34. The molecule has 0 unspecified atom stereocenters. The highest BCUT2D eigenvalue weighted by Gasteiger charge is 2.30. The first-order valence-corrected chi connectivity index (χ1v) is 9.31. The number of unbranched alkanes of at least 4 members (excludes halogenated alkanes) is 1. The smallest absolute Gasteiger partial charge is 0.226 e. The topological polar surface area (TPSA) is 113 Å². The van der Waals surface area contributed by atoms with Gasteiger partial charge in [0.1, 0.15) is 5.82 Å². The van der Waals surface area contributed by atoms with Gasteiger partial charge < -0.3 is 14.8 Å². The van der Waals surface area contributed by atoms with E-state index in [4.69, 9.17) is 10.3 Å². The van der Waals surface area contributed by atoms with Crippen molar-refractivity contribution in [3.05, 3.63) is 17.5 Å². The number of nitrogens with zero attached hydrogens (tertiary/aromatic N) is 5. The van der Waals surface area contributed by atoms with Gasteiger partial charge in [-0.15, -0.1) is 10.2 Å². The summed E-state index contributed by atoms with van der Waals surface area (Å²) in [6, 6.07) is 0. The molecule has 2 aromatic heterocycles. The number of thioether (sulfide) groups is 1. The molecule has 1 aliphatic rings. The quantitative estimate of drug-likeness (QED) is 0.652. The summed E-state index contributed by atoms with van der Waals surface area (Å²) in [5.74, 6) is 3.00. The van der Waals surface area contributed by atoms with Crippen molar-refractivity contribution in [1.29, 1.82) is 0 Å². The van der Waals surface area contributed by atoms with Crippen molar-refractivity contribution < 1.29 is 9.32 Å². The van der Waals surface area contributed by atoms with E-state index in [1.165, 1.54) is 11.8 Å². The molecular formula is C15H22N6O2S. The molecule has 24 heavy (non-hydrogen) atoms. The molecule has 3 rings (SSSR count). The minimum Gasteiger partial charge on any atom is -0.370 e. The maximum absolute atomic E-state index is 11.1. The molecule has 130 valence electrons. The number of hydrogen-bond acceptors (Lipinski definition) is 7. The minimum absolute atomic E-state index is 0.286. The second kappa shape index (κ2) is 7.78. The molecular weight excluding hydrogens is 328 g/mol. The van der Waals surface area contributed by atoms with Gasteiger partial charge in [-0.05, 0) is 19.3 Å². The lowest BCUT2D eigenvalue weighted by molar-refractivity contribution is -0.118. The van der Waals surface area contributed by atoms with Gasteiger partial charge in [-0.25, -0.2) is 0 Å². The predicted molar refractivity (Wildman–Crippen MR) is 88.3 cm³/mol. The Balaban J connectivity index is 1.63. The van der Waals surface area contributed by atoms with Crippen LogP contribution in [0.25, 0.3) is 0 Å². The van der Waals surface area contributed by atoms with E-state index in [0.29, 0.717) is 29.9 Å². The fourth-order valence-corrected chi connectivity index (χ4v) is 3.20. The van der Waals surface area contributed by atoms with Crippen LogP contribution in [0.4, 0.5) is 0 Å². The summed E-state index contributed by atoms with van der Waals surface area (Å²) in [5, 5.41) is 13.3. The fraction of sp³-hybridized carbons (Fsp3) is 0.667. The van der Waals surface area contributed by atoms with Crippen molar-refractivity contribution in [3.63, 3.8) is 0 Å². The zero-order valence-corrected chi connectivity index (χ0v) is 14.6. The Kier molecular flexibility index (Phi) is 5.49. The number of aromatic nitrogens is 5. The molecule has 0 radical (unpaired) electrons. The summed E-state index contributed by atoms with van der Waals surface area (Å²) < 4.78 is 7.24. The summed E-state index contributed by atoms with van der Waals surface area (Å²) in [6.45, 7) is 2.65. The fourth-order valence-electron chi connectivity index (χ4n) is 2.39. The largest absolute Gasteiger partial charge is 0.370 e. The average Bonchev–Trinajstić information content (AvgIpc) is 3.17. The van der Waals surface area contributed by atoms with Crippen LogP contribution in [-0.2, 0) is 23.5 Å². The molecule has 0 aliphatic heterocycles. The Morgan fingerprint density at radius 1 is 1.42 bits per heavy atom. The van der Waals surface area contributed by atoms with E-state index in [9.17, 15) is 4.79 Å². The molecule has 0 bridgehead atoms. The van der Waals surface area contributed by atoms with E-state index >= 15 is 0 Å². The summed E-state index contributed by atoms with van der Waals surface area (Å²) in [6.07, 6.45) is 5.50. The van der Waals surface area contributed by atoms with Crippen molar-refractivity contribution in [1.82, 2.24) is 24.9 Å². The van der Waals surface area contributed by atoms with Crippen LogP contribution in [0.3, 0.4) is 0 Å². The van der Waals surface area contributed by atoms with Crippen molar-refractivity contribution in [3.8, 4) is 0 Å². The molecule has 0 aromatic carbocycles. The van der Waals surface area contributed by atoms with Crippen molar-refractivity contribution >= 4 is 17.7 Å². The molecule has 9 heteroatoms. The standard InChI is InChI=1S/C15H22N6O2S/c1-2-3-4-13-17-12(20-23-13)9-24-15-19-18-14(10-5-6-10)21(15)8-7-11(16)22/h10H,2-9H2,1H3,(H2,16,22). The molecule has 1 fully saturated rings. The van der Waals surface area contributed by atoms with Gasteiger partial charge >= 0.3 is 0 Å². The lowest BCUT2D eigenvalue weighted by atomic mass is 10.2. The van der Waals surface area contributed by atoms with Crippen LogP contribution in [0.5, 0.6) is 0 Å². The van der Waals surface area contributed by atoms with Crippen LogP contribution in [0, 0.1) is 0 Å². The zero-order chi connectivity index (χ0) is 16.9. The number of rotatable bonds is 10. The Labute approximate surface area is 144 Å². The van der Waals surface area contributed by atoms with Crippen molar-refractivity contribution in [2.75, 3.05) is 0 Å². The van der Waals surface area contributed by atoms with Gasteiger partial charge in [-0.2, -0.15) is 4.98 Å². The third-order valence-corrected chi connectivity index (χ3v) is 4.82. The van der Waals surface area contributed by atoms with Gasteiger partial charge in [0.25, 0.3) is 0 Å². The summed E-state index contributed by atoms with van der Waals surface area (Å²) in [5.41, 5.74) is 5.28. The maximum Gasteiger partial charge on any atom is 0.226 e. The van der Waals surface area contributed by atoms with Crippen LogP contribution in [-0.4, -0.2) is 30.8 Å². The molecule has 2 N–H and O–H groups in total. The molecule has 1 aliphatic carbocycles. The molecule has 0 spiro atoms. The summed E-state index contributed by atoms with van der Waals surface area (Å²) >= 11 is 1.51. The van der Waals surface area contributed by atoms with E-state index in [2.05, 4.69) is 27.3 Å². The highest BCUT2D eigenvalue weighted by atomic mass is 32.2. The minimum atomic E-state index is -0.319. The molecule has 8 nitrogen and oxygen atoms in total. The van der Waals surface area contributed by atoms with Gasteiger partial charge in [0.05, 0.1) is 5.75 Å². The Bertz CT molecular complexity index is 694. The lowest BCUT2D eigenvalue weighted by Gasteiger charge is -2.07. The Morgan fingerprint density at radius 2 is 2.25 bits per heavy atom. The second-order valence-electron chi connectivity index (χ2n) is 5.98. The molecule has 1 saturated carbocycles.